The maximum absolute atomic E-state index is 5.42. The van der Waals surface area contributed by atoms with E-state index in [0.29, 0.717) is 5.76 Å². The molecule has 112 valence electrons. The third kappa shape index (κ3) is 2.97. The van der Waals surface area contributed by atoms with Gasteiger partial charge in [0.15, 0.2) is 10.9 Å². The van der Waals surface area contributed by atoms with Crippen LogP contribution in [0.25, 0.3) is 22.7 Å². The second-order valence-electron chi connectivity index (χ2n) is 4.82. The lowest BCUT2D eigenvalue weighted by Gasteiger charge is -1.98. The first-order chi connectivity index (χ1) is 11.4. The van der Waals surface area contributed by atoms with Crippen LogP contribution in [0.5, 0.6) is 0 Å². The molecule has 0 atom stereocenters. The van der Waals surface area contributed by atoms with Crippen molar-refractivity contribution in [3.05, 3.63) is 66.2 Å². The first-order valence-electron chi connectivity index (χ1n) is 7.04. The van der Waals surface area contributed by atoms with E-state index in [1.165, 1.54) is 11.3 Å². The Morgan fingerprint density at radius 2 is 1.83 bits per heavy atom. The predicted octanol–water partition coefficient (Wildman–Crippen LogP) is 4.60. The molecule has 0 aliphatic carbocycles. The van der Waals surface area contributed by atoms with Crippen molar-refractivity contribution in [3.63, 3.8) is 0 Å². The number of anilines is 2. The van der Waals surface area contributed by atoms with Crippen LogP contribution < -0.4 is 5.32 Å². The molecule has 5 nitrogen and oxygen atoms in total. The number of nitrogens with zero attached hydrogens (tertiary/aromatic N) is 3. The van der Waals surface area contributed by atoms with E-state index in [1.807, 2.05) is 60.0 Å². The molecule has 4 rings (SSSR count). The molecule has 0 bridgehead atoms. The van der Waals surface area contributed by atoms with E-state index in [2.05, 4.69) is 20.4 Å². The van der Waals surface area contributed by atoms with Crippen molar-refractivity contribution in [2.24, 2.45) is 0 Å². The van der Waals surface area contributed by atoms with Crippen LogP contribution in [0.1, 0.15) is 0 Å². The molecular formula is C17H12N4OS. The number of hydrogen-bond donors (Lipinski definition) is 1. The zero-order valence-electron chi connectivity index (χ0n) is 12.0. The highest BCUT2D eigenvalue weighted by Crippen LogP contribution is 2.29. The third-order valence-corrected chi connectivity index (χ3v) is 3.99. The Balaban J connectivity index is 1.56. The second kappa shape index (κ2) is 6.02. The summed E-state index contributed by atoms with van der Waals surface area (Å²) < 4.78 is 5.42. The highest BCUT2D eigenvalue weighted by molar-refractivity contribution is 7.14. The van der Waals surface area contributed by atoms with Gasteiger partial charge in [-0.25, -0.2) is 9.97 Å². The Labute approximate surface area is 136 Å². The number of aromatic nitrogens is 3. The minimum atomic E-state index is 0.647. The summed E-state index contributed by atoms with van der Waals surface area (Å²) in [5.41, 5.74) is 2.57. The van der Waals surface area contributed by atoms with Gasteiger partial charge in [-0.1, -0.05) is 41.6 Å². The molecule has 1 N–H and O–H groups in total. The summed E-state index contributed by atoms with van der Waals surface area (Å²) in [5, 5.41) is 9.97. The molecule has 0 aliphatic heterocycles. The summed E-state index contributed by atoms with van der Waals surface area (Å²) in [4.78, 5) is 8.74. The van der Waals surface area contributed by atoms with Gasteiger partial charge in [-0.15, -0.1) is 11.3 Å². The maximum Gasteiger partial charge on any atom is 0.188 e. The highest BCUT2D eigenvalue weighted by atomic mass is 32.1. The Morgan fingerprint density at radius 3 is 2.65 bits per heavy atom. The number of nitrogens with one attached hydrogen (secondary N) is 1. The molecule has 0 saturated carbocycles. The van der Waals surface area contributed by atoms with E-state index < -0.39 is 0 Å². The quantitative estimate of drug-likeness (QED) is 0.595. The lowest BCUT2D eigenvalue weighted by molar-refractivity contribution is 0.434. The van der Waals surface area contributed by atoms with Crippen LogP contribution in [0.2, 0.25) is 0 Å². The summed E-state index contributed by atoms with van der Waals surface area (Å²) >= 11 is 1.49. The Kier molecular flexibility index (Phi) is 3.57. The number of thiazole rings is 1. The molecule has 0 saturated heterocycles. The Bertz CT molecular complexity index is 903. The van der Waals surface area contributed by atoms with E-state index in [9.17, 15) is 0 Å². The van der Waals surface area contributed by atoms with Crippen molar-refractivity contribution < 1.29 is 4.52 Å². The topological polar surface area (TPSA) is 63.8 Å². The smallest absolute Gasteiger partial charge is 0.188 e. The van der Waals surface area contributed by atoms with Gasteiger partial charge in [0.1, 0.15) is 17.2 Å². The minimum absolute atomic E-state index is 0.647. The molecule has 0 aliphatic rings. The zero-order valence-corrected chi connectivity index (χ0v) is 12.8. The summed E-state index contributed by atoms with van der Waals surface area (Å²) in [6.07, 6.45) is 1.74. The van der Waals surface area contributed by atoms with Crippen molar-refractivity contribution in [2.75, 3.05) is 5.32 Å². The number of rotatable bonds is 4. The zero-order chi connectivity index (χ0) is 15.5. The molecule has 0 unspecified atom stereocenters. The molecule has 3 aromatic heterocycles. The molecule has 1 aromatic carbocycles. The van der Waals surface area contributed by atoms with Gasteiger partial charge in [-0.05, 0) is 12.1 Å². The molecule has 0 amide bonds. The monoisotopic (exact) mass is 320 g/mol. The maximum atomic E-state index is 5.42. The van der Waals surface area contributed by atoms with Crippen molar-refractivity contribution in [3.8, 4) is 22.7 Å². The van der Waals surface area contributed by atoms with Crippen LogP contribution in [-0.4, -0.2) is 15.1 Å². The molecule has 0 fully saturated rings. The van der Waals surface area contributed by atoms with Crippen molar-refractivity contribution in [1.82, 2.24) is 15.1 Å². The van der Waals surface area contributed by atoms with Crippen molar-refractivity contribution >= 4 is 22.3 Å². The van der Waals surface area contributed by atoms with Crippen LogP contribution in [0, 0.1) is 0 Å². The first-order valence-corrected chi connectivity index (χ1v) is 7.92. The number of pyridine rings is 1. The van der Waals surface area contributed by atoms with Crippen molar-refractivity contribution in [1.29, 1.82) is 0 Å². The minimum Gasteiger partial charge on any atom is -0.354 e. The normalized spacial score (nSPS) is 10.6. The van der Waals surface area contributed by atoms with Crippen LogP contribution in [0.3, 0.4) is 0 Å². The van der Waals surface area contributed by atoms with Gasteiger partial charge < -0.3 is 9.84 Å². The fraction of sp³-hybridized carbons (Fsp3) is 0. The van der Waals surface area contributed by atoms with Gasteiger partial charge in [-0.3, -0.25) is 0 Å². The van der Waals surface area contributed by atoms with Crippen LogP contribution in [0.4, 0.5) is 10.9 Å². The summed E-state index contributed by atoms with van der Waals surface area (Å²) in [6.45, 7) is 0. The van der Waals surface area contributed by atoms with Gasteiger partial charge in [0.25, 0.3) is 0 Å². The van der Waals surface area contributed by atoms with E-state index in [4.69, 9.17) is 4.52 Å². The molecule has 23 heavy (non-hydrogen) atoms. The van der Waals surface area contributed by atoms with Gasteiger partial charge in [0, 0.05) is 23.2 Å². The molecular weight excluding hydrogens is 308 g/mol. The van der Waals surface area contributed by atoms with E-state index in [1.54, 1.807) is 6.20 Å². The summed E-state index contributed by atoms with van der Waals surface area (Å²) in [5.74, 6) is 1.41. The molecule has 3 heterocycles. The standard InChI is InChI=1S/C17H12N4OS/c1-2-6-12(7-3-1)13-10-15(22-21-13)14-11-23-17(19-14)20-16-8-4-5-9-18-16/h1-11H,(H,18,19,20). The lowest BCUT2D eigenvalue weighted by Crippen LogP contribution is -1.91. The van der Waals surface area contributed by atoms with Crippen LogP contribution >= 0.6 is 11.3 Å². The SMILES string of the molecule is c1ccc(-c2cc(-c3csc(Nc4ccccn4)n3)on2)cc1. The lowest BCUT2D eigenvalue weighted by atomic mass is 10.1. The second-order valence-corrected chi connectivity index (χ2v) is 5.68. The van der Waals surface area contributed by atoms with E-state index in [-0.39, 0.29) is 0 Å². The van der Waals surface area contributed by atoms with Gasteiger partial charge in [-0.2, -0.15) is 0 Å². The molecule has 4 aromatic rings. The fourth-order valence-electron chi connectivity index (χ4n) is 2.13. The number of hydrogen-bond acceptors (Lipinski definition) is 6. The van der Waals surface area contributed by atoms with E-state index >= 15 is 0 Å². The number of benzene rings is 1. The molecule has 6 heteroatoms. The average molecular weight is 320 g/mol. The highest BCUT2D eigenvalue weighted by Gasteiger charge is 2.12. The Morgan fingerprint density at radius 1 is 0.957 bits per heavy atom. The average Bonchev–Trinajstić information content (AvgIpc) is 3.26. The van der Waals surface area contributed by atoms with Gasteiger partial charge >= 0.3 is 0 Å². The van der Waals surface area contributed by atoms with Gasteiger partial charge in [0.05, 0.1) is 0 Å². The van der Waals surface area contributed by atoms with Gasteiger partial charge in [0.2, 0.25) is 0 Å². The first kappa shape index (κ1) is 13.7. The Hall–Kier alpha value is -2.99. The largest absolute Gasteiger partial charge is 0.354 e. The van der Waals surface area contributed by atoms with Crippen molar-refractivity contribution in [2.45, 2.75) is 0 Å². The third-order valence-electron chi connectivity index (χ3n) is 3.24. The fourth-order valence-corrected chi connectivity index (χ4v) is 2.84. The van der Waals surface area contributed by atoms with E-state index in [0.717, 1.165) is 27.9 Å². The molecule has 0 spiro atoms. The predicted molar refractivity (Wildman–Crippen MR) is 90.6 cm³/mol. The summed E-state index contributed by atoms with van der Waals surface area (Å²) in [7, 11) is 0. The summed E-state index contributed by atoms with van der Waals surface area (Å²) in [6, 6.07) is 17.5. The molecule has 0 radical (unpaired) electrons. The van der Waals surface area contributed by atoms with Crippen LogP contribution in [-0.2, 0) is 0 Å². The van der Waals surface area contributed by atoms with Crippen LogP contribution in [0.15, 0.2) is 70.7 Å².